The normalized spacial score (nSPS) is 11.5. The lowest BCUT2D eigenvalue weighted by Crippen LogP contribution is -2.00. The molecule has 0 radical (unpaired) electrons. The summed E-state index contributed by atoms with van der Waals surface area (Å²) in [7, 11) is 0. The van der Waals surface area contributed by atoms with E-state index < -0.39 is 0 Å². The van der Waals surface area contributed by atoms with Crippen molar-refractivity contribution >= 4 is 21.8 Å². The molecule has 0 aliphatic heterocycles. The fourth-order valence-electron chi connectivity index (χ4n) is 6.85. The van der Waals surface area contributed by atoms with Gasteiger partial charge in [0, 0.05) is 40.4 Å². The summed E-state index contributed by atoms with van der Waals surface area (Å²) in [6.07, 6.45) is 8.85. The van der Waals surface area contributed by atoms with Crippen molar-refractivity contribution < 1.29 is 4.74 Å². The summed E-state index contributed by atoms with van der Waals surface area (Å²) in [5.41, 5.74) is 10.3. The van der Waals surface area contributed by atoms with E-state index >= 15 is 0 Å². The first kappa shape index (κ1) is 30.5. The van der Waals surface area contributed by atoms with E-state index in [0.717, 1.165) is 59.2 Å². The lowest BCUT2D eigenvalue weighted by atomic mass is 10.0. The Morgan fingerprint density at radius 1 is 0.660 bits per heavy atom. The molecular weight excluding hydrogens is 576 g/mol. The summed E-state index contributed by atoms with van der Waals surface area (Å²) < 4.78 is 10.9. The molecule has 7 aromatic rings. The zero-order valence-corrected chi connectivity index (χ0v) is 27.8. The van der Waals surface area contributed by atoms with E-state index in [4.69, 9.17) is 14.8 Å². The molecule has 0 bridgehead atoms. The van der Waals surface area contributed by atoms with Crippen LogP contribution in [-0.4, -0.2) is 19.3 Å². The summed E-state index contributed by atoms with van der Waals surface area (Å²) in [5, 5.41) is 7.38. The van der Waals surface area contributed by atoms with Gasteiger partial charge in [0.2, 0.25) is 0 Å². The molecule has 236 valence electrons. The van der Waals surface area contributed by atoms with Gasteiger partial charge >= 0.3 is 0 Å². The van der Waals surface area contributed by atoms with Crippen molar-refractivity contribution in [3.8, 4) is 34.1 Å². The predicted octanol–water partition coefficient (Wildman–Crippen LogP) is 11.1. The maximum Gasteiger partial charge on any atom is 0.137 e. The second-order valence-electron chi connectivity index (χ2n) is 12.5. The van der Waals surface area contributed by atoms with Crippen molar-refractivity contribution in [1.29, 1.82) is 0 Å². The number of aryl methyl sites for hydroxylation is 3. The highest BCUT2D eigenvalue weighted by Gasteiger charge is 2.17. The van der Waals surface area contributed by atoms with Crippen molar-refractivity contribution in [2.45, 2.75) is 66.2 Å². The molecule has 4 aromatic carbocycles. The molecule has 0 unspecified atom stereocenters. The maximum absolute atomic E-state index is 6.57. The Bertz CT molecular complexity index is 2170. The van der Waals surface area contributed by atoms with Gasteiger partial charge in [-0.05, 0) is 98.3 Å². The van der Waals surface area contributed by atoms with Crippen LogP contribution in [0.1, 0.15) is 62.0 Å². The lowest BCUT2D eigenvalue weighted by Gasteiger charge is -2.11. The molecule has 7 rings (SSSR count). The highest BCUT2D eigenvalue weighted by Crippen LogP contribution is 2.36. The summed E-state index contributed by atoms with van der Waals surface area (Å²) in [6.45, 7) is 8.67. The molecule has 0 fully saturated rings. The van der Waals surface area contributed by atoms with Gasteiger partial charge in [0.25, 0.3) is 0 Å². The minimum Gasteiger partial charge on any atom is -0.457 e. The van der Waals surface area contributed by atoms with Gasteiger partial charge in [-0.1, -0.05) is 75.6 Å². The fraction of sp³-hybridized carbons (Fsp3) is 0.238. The number of hydrogen-bond acceptors (Lipinski definition) is 3. The highest BCUT2D eigenvalue weighted by atomic mass is 16.5. The van der Waals surface area contributed by atoms with Crippen LogP contribution in [0.15, 0.2) is 109 Å². The van der Waals surface area contributed by atoms with Crippen LogP contribution in [0.2, 0.25) is 0 Å². The predicted molar refractivity (Wildman–Crippen MR) is 194 cm³/mol. The molecule has 0 saturated carbocycles. The largest absolute Gasteiger partial charge is 0.457 e. The Morgan fingerprint density at radius 3 is 2.32 bits per heavy atom. The Morgan fingerprint density at radius 2 is 1.49 bits per heavy atom. The number of fused-ring (bicyclic) bond motifs is 3. The van der Waals surface area contributed by atoms with Gasteiger partial charge < -0.3 is 4.74 Å². The Kier molecular flexibility index (Phi) is 8.62. The van der Waals surface area contributed by atoms with Gasteiger partial charge in [-0.15, -0.1) is 0 Å². The smallest absolute Gasteiger partial charge is 0.137 e. The van der Waals surface area contributed by atoms with Crippen LogP contribution < -0.4 is 4.74 Å². The van der Waals surface area contributed by atoms with Gasteiger partial charge in [-0.25, -0.2) is 9.67 Å². The van der Waals surface area contributed by atoms with Crippen LogP contribution in [0.25, 0.3) is 44.4 Å². The number of ether oxygens (including phenoxy) is 1. The first-order valence-electron chi connectivity index (χ1n) is 17.0. The molecular formula is C42H42N4O. The molecule has 0 aliphatic carbocycles. The molecule has 0 spiro atoms. The molecule has 47 heavy (non-hydrogen) atoms. The number of benzene rings is 4. The number of nitrogens with zero attached hydrogens (tertiary/aromatic N) is 4. The number of rotatable bonds is 11. The summed E-state index contributed by atoms with van der Waals surface area (Å²) in [6, 6.07) is 36.4. The zero-order valence-electron chi connectivity index (χ0n) is 27.8. The van der Waals surface area contributed by atoms with Crippen LogP contribution in [0.5, 0.6) is 11.5 Å². The minimum atomic E-state index is 0.764. The third kappa shape index (κ3) is 6.06. The van der Waals surface area contributed by atoms with Crippen molar-refractivity contribution in [2.24, 2.45) is 0 Å². The molecule has 3 aromatic heterocycles. The number of hydrogen-bond donors (Lipinski definition) is 0. The number of unbranched alkanes of at least 4 members (excludes halogenated alkanes) is 2. The van der Waals surface area contributed by atoms with Gasteiger partial charge in [-0.2, -0.15) is 5.10 Å². The topological polar surface area (TPSA) is 44.9 Å². The maximum atomic E-state index is 6.57. The van der Waals surface area contributed by atoms with Crippen LogP contribution >= 0.6 is 0 Å². The van der Waals surface area contributed by atoms with E-state index in [2.05, 4.69) is 117 Å². The molecule has 3 heterocycles. The molecule has 0 amide bonds. The van der Waals surface area contributed by atoms with Crippen LogP contribution in [0.4, 0.5) is 0 Å². The van der Waals surface area contributed by atoms with Gasteiger partial charge in [0.1, 0.15) is 17.3 Å². The molecule has 5 heteroatoms. The monoisotopic (exact) mass is 618 g/mol. The lowest BCUT2D eigenvalue weighted by molar-refractivity contribution is 0.482. The Labute approximate surface area is 277 Å². The number of pyridine rings is 1. The first-order chi connectivity index (χ1) is 23.0. The van der Waals surface area contributed by atoms with E-state index in [1.54, 1.807) is 0 Å². The SMILES string of the molecule is CCCCCc1ccc2c(c1)c1ccc(Oc3cccc(-n4nc(C)c(-c5ccccc5)c4C)c3)cc1n2-c1cc(CCC)ccn1. The Balaban J connectivity index is 1.28. The molecule has 0 saturated heterocycles. The first-order valence-corrected chi connectivity index (χ1v) is 17.0. The molecule has 5 nitrogen and oxygen atoms in total. The van der Waals surface area contributed by atoms with E-state index in [1.807, 2.05) is 29.1 Å². The van der Waals surface area contributed by atoms with E-state index in [9.17, 15) is 0 Å². The minimum absolute atomic E-state index is 0.764. The average Bonchev–Trinajstić information content (AvgIpc) is 3.57. The van der Waals surface area contributed by atoms with Gasteiger partial charge in [-0.3, -0.25) is 4.57 Å². The second-order valence-corrected chi connectivity index (χ2v) is 12.5. The van der Waals surface area contributed by atoms with Gasteiger partial charge in [0.15, 0.2) is 0 Å². The van der Waals surface area contributed by atoms with Crippen molar-refractivity contribution in [2.75, 3.05) is 0 Å². The van der Waals surface area contributed by atoms with E-state index in [-0.39, 0.29) is 0 Å². The highest BCUT2D eigenvalue weighted by molar-refractivity contribution is 6.09. The van der Waals surface area contributed by atoms with E-state index in [0.29, 0.717) is 0 Å². The van der Waals surface area contributed by atoms with Crippen LogP contribution in [-0.2, 0) is 12.8 Å². The number of aromatic nitrogens is 4. The Hall–Kier alpha value is -5.16. The van der Waals surface area contributed by atoms with Crippen molar-refractivity contribution in [1.82, 2.24) is 19.3 Å². The fourth-order valence-corrected chi connectivity index (χ4v) is 6.85. The summed E-state index contributed by atoms with van der Waals surface area (Å²) in [4.78, 5) is 4.86. The molecule has 0 aliphatic rings. The van der Waals surface area contributed by atoms with Crippen LogP contribution in [0, 0.1) is 13.8 Å². The van der Waals surface area contributed by atoms with Crippen LogP contribution in [0.3, 0.4) is 0 Å². The summed E-state index contributed by atoms with van der Waals surface area (Å²) >= 11 is 0. The third-order valence-corrected chi connectivity index (χ3v) is 9.10. The van der Waals surface area contributed by atoms with Crippen molar-refractivity contribution in [3.63, 3.8) is 0 Å². The summed E-state index contributed by atoms with van der Waals surface area (Å²) in [5.74, 6) is 2.48. The average molecular weight is 619 g/mol. The van der Waals surface area contributed by atoms with Crippen molar-refractivity contribution in [3.05, 3.63) is 132 Å². The van der Waals surface area contributed by atoms with Gasteiger partial charge in [0.05, 0.1) is 22.4 Å². The zero-order chi connectivity index (χ0) is 32.3. The molecule has 0 atom stereocenters. The third-order valence-electron chi connectivity index (χ3n) is 9.10. The molecule has 0 N–H and O–H groups in total. The quantitative estimate of drug-likeness (QED) is 0.136. The van der Waals surface area contributed by atoms with E-state index in [1.165, 1.54) is 57.8 Å². The standard InChI is InChI=1S/C42H42N4O/c1-5-7-9-14-32-19-22-39-38(25-32)37-21-20-36(28-40(37)45(39)41-26-31(13-6-2)23-24-43-41)47-35-18-12-17-34(27-35)46-30(4)42(29(3)44-46)33-15-10-8-11-16-33/h8,10-12,15-28H,5-7,9,13-14H2,1-4H3. The second kappa shape index (κ2) is 13.3.